The van der Waals surface area contributed by atoms with Crippen LogP contribution in [0.4, 0.5) is 0 Å². The minimum absolute atomic E-state index is 0.496. The molecule has 0 aliphatic rings. The number of unbranched alkanes of at least 4 members (excludes halogenated alkanes) is 2. The first-order valence-electron chi connectivity index (χ1n) is 8.78. The summed E-state index contributed by atoms with van der Waals surface area (Å²) in [4.78, 5) is 4.27. The van der Waals surface area contributed by atoms with Crippen LogP contribution in [0.3, 0.4) is 0 Å². The Balaban J connectivity index is 2.20. The van der Waals surface area contributed by atoms with Gasteiger partial charge < -0.3 is 20.1 Å². The quantitative estimate of drug-likeness (QED) is 0.370. The van der Waals surface area contributed by atoms with Gasteiger partial charge in [-0.05, 0) is 49.3 Å². The Morgan fingerprint density at radius 2 is 1.75 bits per heavy atom. The van der Waals surface area contributed by atoms with Crippen LogP contribution in [0.5, 0.6) is 5.75 Å². The molecule has 1 unspecified atom stereocenters. The van der Waals surface area contributed by atoms with E-state index in [2.05, 4.69) is 34.7 Å². The smallest absolute Gasteiger partial charge is 0.190 e. The Morgan fingerprint density at radius 1 is 1.04 bits per heavy atom. The molecule has 0 aliphatic heterocycles. The fraction of sp³-hybridized carbons (Fsp3) is 0.632. The molecular weight excluding hydrogens is 302 g/mol. The molecule has 24 heavy (non-hydrogen) atoms. The van der Waals surface area contributed by atoms with Gasteiger partial charge in [-0.2, -0.15) is 0 Å². The van der Waals surface area contributed by atoms with E-state index in [0.29, 0.717) is 5.92 Å². The first kappa shape index (κ1) is 20.3. The van der Waals surface area contributed by atoms with Crippen molar-refractivity contribution in [2.24, 2.45) is 4.99 Å². The van der Waals surface area contributed by atoms with Crippen LogP contribution in [-0.2, 0) is 4.74 Å². The minimum Gasteiger partial charge on any atom is -0.497 e. The maximum atomic E-state index is 5.20. The van der Waals surface area contributed by atoms with Crippen molar-refractivity contribution in [1.29, 1.82) is 0 Å². The predicted octanol–water partition coefficient (Wildman–Crippen LogP) is 3.17. The lowest BCUT2D eigenvalue weighted by Gasteiger charge is -2.15. The zero-order chi connectivity index (χ0) is 17.6. The van der Waals surface area contributed by atoms with Gasteiger partial charge in [0.15, 0.2) is 5.96 Å². The fourth-order valence-corrected chi connectivity index (χ4v) is 2.48. The largest absolute Gasteiger partial charge is 0.497 e. The molecule has 1 rings (SSSR count). The van der Waals surface area contributed by atoms with Crippen molar-refractivity contribution in [1.82, 2.24) is 10.6 Å². The summed E-state index contributed by atoms with van der Waals surface area (Å²) in [5.74, 6) is 2.28. The van der Waals surface area contributed by atoms with Gasteiger partial charge in [0.25, 0.3) is 0 Å². The molecule has 0 aromatic heterocycles. The molecule has 0 bridgehead atoms. The fourth-order valence-electron chi connectivity index (χ4n) is 2.48. The summed E-state index contributed by atoms with van der Waals surface area (Å²) in [6.07, 6.45) is 4.48. The topological polar surface area (TPSA) is 54.9 Å². The molecule has 2 N–H and O–H groups in total. The van der Waals surface area contributed by atoms with Gasteiger partial charge in [0.05, 0.1) is 7.11 Å². The maximum absolute atomic E-state index is 5.20. The zero-order valence-electron chi connectivity index (χ0n) is 15.6. The van der Waals surface area contributed by atoms with Gasteiger partial charge in [-0.15, -0.1) is 0 Å². The number of nitrogens with one attached hydrogen (secondary N) is 2. The molecule has 5 nitrogen and oxygen atoms in total. The van der Waals surface area contributed by atoms with Crippen molar-refractivity contribution in [3.63, 3.8) is 0 Å². The standard InChI is InChI=1S/C19H33N3O2/c1-16(17-8-10-18(24-4)11-9-17)12-14-22-19(20-2)21-13-6-5-7-15-23-3/h8-11,16H,5-7,12-15H2,1-4H3,(H2,20,21,22). The van der Waals surface area contributed by atoms with E-state index in [1.54, 1.807) is 14.2 Å². The first-order valence-corrected chi connectivity index (χ1v) is 8.78. The average Bonchev–Trinajstić information content (AvgIpc) is 2.62. The first-order chi connectivity index (χ1) is 11.7. The van der Waals surface area contributed by atoms with E-state index in [4.69, 9.17) is 9.47 Å². The Morgan fingerprint density at radius 3 is 2.38 bits per heavy atom. The van der Waals surface area contributed by atoms with Crippen LogP contribution >= 0.6 is 0 Å². The third-order valence-electron chi connectivity index (χ3n) is 4.10. The highest BCUT2D eigenvalue weighted by atomic mass is 16.5. The number of aliphatic imine (C=N–C) groups is 1. The van der Waals surface area contributed by atoms with Crippen molar-refractivity contribution in [2.45, 2.75) is 38.5 Å². The maximum Gasteiger partial charge on any atom is 0.190 e. The number of hydrogen-bond donors (Lipinski definition) is 2. The molecule has 1 aromatic carbocycles. The van der Waals surface area contributed by atoms with Crippen LogP contribution in [-0.4, -0.2) is 46.9 Å². The third-order valence-corrected chi connectivity index (χ3v) is 4.10. The van der Waals surface area contributed by atoms with E-state index < -0.39 is 0 Å². The molecule has 0 radical (unpaired) electrons. The second-order valence-electron chi connectivity index (χ2n) is 5.94. The van der Waals surface area contributed by atoms with Gasteiger partial charge in [-0.3, -0.25) is 4.99 Å². The third kappa shape index (κ3) is 8.20. The van der Waals surface area contributed by atoms with E-state index in [-0.39, 0.29) is 0 Å². The van der Waals surface area contributed by atoms with Crippen molar-refractivity contribution in [2.75, 3.05) is 41.0 Å². The highest BCUT2D eigenvalue weighted by Gasteiger charge is 2.06. The molecular formula is C19H33N3O2. The molecule has 0 amide bonds. The lowest BCUT2D eigenvalue weighted by atomic mass is 9.98. The number of guanidine groups is 1. The van der Waals surface area contributed by atoms with Crippen LogP contribution in [0.1, 0.15) is 44.1 Å². The number of methoxy groups -OCH3 is 2. The summed E-state index contributed by atoms with van der Waals surface area (Å²) in [6.45, 7) is 4.93. The number of nitrogens with zero attached hydrogens (tertiary/aromatic N) is 1. The monoisotopic (exact) mass is 335 g/mol. The SMILES string of the molecule is CN=C(NCCCCCOC)NCCC(C)c1ccc(OC)cc1. The van der Waals surface area contributed by atoms with Gasteiger partial charge in [0.1, 0.15) is 5.75 Å². The van der Waals surface area contributed by atoms with Crippen LogP contribution < -0.4 is 15.4 Å². The van der Waals surface area contributed by atoms with Crippen molar-refractivity contribution >= 4 is 5.96 Å². The van der Waals surface area contributed by atoms with Crippen LogP contribution in [0.25, 0.3) is 0 Å². The van der Waals surface area contributed by atoms with Gasteiger partial charge >= 0.3 is 0 Å². The summed E-state index contributed by atoms with van der Waals surface area (Å²) in [5, 5.41) is 6.74. The number of benzene rings is 1. The minimum atomic E-state index is 0.496. The molecule has 0 aliphatic carbocycles. The molecule has 0 fully saturated rings. The Hall–Kier alpha value is -1.75. The Bertz CT molecular complexity index is 460. The van der Waals surface area contributed by atoms with Gasteiger partial charge in [0.2, 0.25) is 0 Å². The normalized spacial score (nSPS) is 12.8. The zero-order valence-corrected chi connectivity index (χ0v) is 15.6. The highest BCUT2D eigenvalue weighted by molar-refractivity contribution is 5.79. The molecule has 0 heterocycles. The van der Waals surface area contributed by atoms with Crippen LogP contribution in [0.15, 0.2) is 29.3 Å². The summed E-state index contributed by atoms with van der Waals surface area (Å²) in [6, 6.07) is 8.31. The highest BCUT2D eigenvalue weighted by Crippen LogP contribution is 2.21. The number of hydrogen-bond acceptors (Lipinski definition) is 3. The van der Waals surface area contributed by atoms with Gasteiger partial charge in [-0.25, -0.2) is 0 Å². The molecule has 5 heteroatoms. The second-order valence-corrected chi connectivity index (χ2v) is 5.94. The van der Waals surface area contributed by atoms with Gasteiger partial charge in [-0.1, -0.05) is 19.1 Å². The molecule has 1 aromatic rings. The van der Waals surface area contributed by atoms with E-state index in [1.807, 2.05) is 19.2 Å². The van der Waals surface area contributed by atoms with Crippen LogP contribution in [0.2, 0.25) is 0 Å². The molecule has 0 saturated carbocycles. The lowest BCUT2D eigenvalue weighted by molar-refractivity contribution is 0.192. The molecule has 1 atom stereocenters. The molecule has 136 valence electrons. The van der Waals surface area contributed by atoms with Crippen molar-refractivity contribution in [3.05, 3.63) is 29.8 Å². The molecule has 0 spiro atoms. The summed E-state index contributed by atoms with van der Waals surface area (Å²) in [5.41, 5.74) is 1.33. The number of ether oxygens (including phenoxy) is 2. The Labute approximate surface area is 146 Å². The van der Waals surface area contributed by atoms with E-state index in [9.17, 15) is 0 Å². The number of rotatable bonds is 11. The van der Waals surface area contributed by atoms with Crippen LogP contribution in [0, 0.1) is 0 Å². The lowest BCUT2D eigenvalue weighted by Crippen LogP contribution is -2.38. The van der Waals surface area contributed by atoms with Crippen molar-refractivity contribution in [3.8, 4) is 5.75 Å². The van der Waals surface area contributed by atoms with E-state index in [1.165, 1.54) is 12.0 Å². The summed E-state index contributed by atoms with van der Waals surface area (Å²) < 4.78 is 10.3. The average molecular weight is 335 g/mol. The van der Waals surface area contributed by atoms with Gasteiger partial charge in [0, 0.05) is 33.9 Å². The summed E-state index contributed by atoms with van der Waals surface area (Å²) in [7, 11) is 5.25. The van der Waals surface area contributed by atoms with E-state index in [0.717, 1.165) is 50.7 Å². The summed E-state index contributed by atoms with van der Waals surface area (Å²) >= 11 is 0. The van der Waals surface area contributed by atoms with Crippen molar-refractivity contribution < 1.29 is 9.47 Å². The van der Waals surface area contributed by atoms with E-state index >= 15 is 0 Å². The molecule has 0 saturated heterocycles. The second kappa shape index (κ2) is 12.6. The predicted molar refractivity (Wildman–Crippen MR) is 101 cm³/mol. The Kier molecular flexibility index (Phi) is 10.7.